The third kappa shape index (κ3) is 5.52. The molecule has 0 aliphatic heterocycles. The van der Waals surface area contributed by atoms with E-state index in [4.69, 9.17) is 5.73 Å². The summed E-state index contributed by atoms with van der Waals surface area (Å²) in [6.07, 6.45) is 4.81. The number of rotatable bonds is 6. The van der Waals surface area contributed by atoms with Crippen molar-refractivity contribution >= 4 is 39.5 Å². The zero-order chi connectivity index (χ0) is 20.6. The average molecular weight is 451 g/mol. The average Bonchev–Trinajstić information content (AvgIpc) is 2.73. The highest BCUT2D eigenvalue weighted by Crippen LogP contribution is 2.16. The van der Waals surface area contributed by atoms with Gasteiger partial charge in [0, 0.05) is 29.1 Å². The molecule has 0 saturated carbocycles. The molecule has 0 atom stereocenters. The third-order valence-electron chi connectivity index (χ3n) is 4.10. The molecule has 0 bridgehead atoms. The normalized spacial score (nSPS) is 11.0. The van der Waals surface area contributed by atoms with Crippen molar-refractivity contribution in [2.24, 2.45) is 0 Å². The Bertz CT molecular complexity index is 1050. The van der Waals surface area contributed by atoms with Gasteiger partial charge in [0.25, 0.3) is 11.8 Å². The number of amides is 2. The number of anilines is 1. The van der Waals surface area contributed by atoms with Crippen LogP contribution in [0.25, 0.3) is 6.08 Å². The van der Waals surface area contributed by atoms with Gasteiger partial charge in [0.2, 0.25) is 0 Å². The molecule has 7 heteroatoms. The van der Waals surface area contributed by atoms with Crippen molar-refractivity contribution in [2.45, 2.75) is 6.54 Å². The number of halogens is 1. The van der Waals surface area contributed by atoms with Crippen molar-refractivity contribution in [2.75, 3.05) is 5.73 Å². The van der Waals surface area contributed by atoms with Crippen molar-refractivity contribution in [3.63, 3.8) is 0 Å². The first-order valence-corrected chi connectivity index (χ1v) is 9.63. The summed E-state index contributed by atoms with van der Waals surface area (Å²) in [7, 11) is 0. The summed E-state index contributed by atoms with van der Waals surface area (Å²) in [4.78, 5) is 29.6. The Balaban J connectivity index is 1.82. The number of para-hydroxylation sites is 1. The summed E-state index contributed by atoms with van der Waals surface area (Å²) < 4.78 is 0.635. The molecule has 3 rings (SSSR count). The van der Waals surface area contributed by atoms with Gasteiger partial charge in [-0.05, 0) is 57.4 Å². The molecule has 29 heavy (non-hydrogen) atoms. The van der Waals surface area contributed by atoms with Crippen molar-refractivity contribution in [3.8, 4) is 0 Å². The molecule has 0 aliphatic carbocycles. The van der Waals surface area contributed by atoms with Crippen LogP contribution in [0.15, 0.2) is 83.2 Å². The quantitative estimate of drug-likeness (QED) is 0.395. The minimum absolute atomic E-state index is 0.105. The number of aromatic nitrogens is 1. The van der Waals surface area contributed by atoms with E-state index in [9.17, 15) is 9.59 Å². The van der Waals surface area contributed by atoms with E-state index in [0.717, 1.165) is 5.56 Å². The SMILES string of the molecule is Nc1ccccc1CNC(=O)C(=Cc1cccnc1)NC(=O)c1ccccc1Br. The van der Waals surface area contributed by atoms with Crippen LogP contribution in [0.1, 0.15) is 21.5 Å². The smallest absolute Gasteiger partial charge is 0.268 e. The highest BCUT2D eigenvalue weighted by Gasteiger charge is 2.16. The first kappa shape index (κ1) is 20.3. The number of nitrogen functional groups attached to an aromatic ring is 1. The van der Waals surface area contributed by atoms with Crippen molar-refractivity contribution in [1.82, 2.24) is 15.6 Å². The summed E-state index contributed by atoms with van der Waals surface area (Å²) in [6.45, 7) is 0.237. The predicted molar refractivity (Wildman–Crippen MR) is 117 cm³/mol. The monoisotopic (exact) mass is 450 g/mol. The second-order valence-electron chi connectivity index (χ2n) is 6.16. The summed E-state index contributed by atoms with van der Waals surface area (Å²) >= 11 is 3.36. The van der Waals surface area contributed by atoms with Crippen LogP contribution in [0.3, 0.4) is 0 Å². The highest BCUT2D eigenvalue weighted by molar-refractivity contribution is 9.10. The van der Waals surface area contributed by atoms with Crippen LogP contribution in [-0.4, -0.2) is 16.8 Å². The van der Waals surface area contributed by atoms with Crippen LogP contribution in [-0.2, 0) is 11.3 Å². The standard InChI is InChI=1S/C22H19BrN4O2/c23-18-9-3-2-8-17(18)21(28)27-20(12-15-6-5-11-25-13-15)22(29)26-14-16-7-1-4-10-19(16)24/h1-13H,14,24H2,(H,26,29)(H,27,28). The lowest BCUT2D eigenvalue weighted by molar-refractivity contribution is -0.117. The molecule has 4 N–H and O–H groups in total. The number of benzene rings is 2. The van der Waals surface area contributed by atoms with Gasteiger partial charge in [0.15, 0.2) is 0 Å². The molecule has 2 amide bonds. The molecule has 146 valence electrons. The Morgan fingerprint density at radius 1 is 1.03 bits per heavy atom. The van der Waals surface area contributed by atoms with Crippen LogP contribution >= 0.6 is 15.9 Å². The first-order chi connectivity index (χ1) is 14.0. The summed E-state index contributed by atoms with van der Waals surface area (Å²) in [5.74, 6) is -0.834. The first-order valence-electron chi connectivity index (χ1n) is 8.84. The Kier molecular flexibility index (Phi) is 6.76. The Hall–Kier alpha value is -3.45. The fourth-order valence-corrected chi connectivity index (χ4v) is 3.05. The summed E-state index contributed by atoms with van der Waals surface area (Å²) in [5.41, 5.74) is 8.52. The number of carbonyl (C=O) groups is 2. The molecule has 0 unspecified atom stereocenters. The van der Waals surface area contributed by atoms with Gasteiger partial charge in [-0.3, -0.25) is 14.6 Å². The Morgan fingerprint density at radius 3 is 2.52 bits per heavy atom. The predicted octanol–water partition coefficient (Wildman–Crippen LogP) is 3.51. The number of nitrogens with two attached hydrogens (primary N) is 1. The molecule has 0 radical (unpaired) electrons. The van der Waals surface area contributed by atoms with E-state index in [1.165, 1.54) is 0 Å². The molecule has 3 aromatic rings. The molecule has 1 aromatic heterocycles. The van der Waals surface area contributed by atoms with Crippen LogP contribution in [0.5, 0.6) is 0 Å². The zero-order valence-electron chi connectivity index (χ0n) is 15.4. The fourth-order valence-electron chi connectivity index (χ4n) is 2.59. The Labute approximate surface area is 177 Å². The molecule has 0 saturated heterocycles. The number of nitrogens with one attached hydrogen (secondary N) is 2. The molecular formula is C22H19BrN4O2. The van der Waals surface area contributed by atoms with Crippen LogP contribution in [0, 0.1) is 0 Å². The molecular weight excluding hydrogens is 432 g/mol. The lowest BCUT2D eigenvalue weighted by atomic mass is 10.1. The fraction of sp³-hybridized carbons (Fsp3) is 0.0455. The van der Waals surface area contributed by atoms with Crippen LogP contribution < -0.4 is 16.4 Å². The zero-order valence-corrected chi connectivity index (χ0v) is 17.0. The topological polar surface area (TPSA) is 97.1 Å². The molecule has 0 aliphatic rings. The summed E-state index contributed by atoms with van der Waals surface area (Å²) in [6, 6.07) is 17.8. The van der Waals surface area contributed by atoms with Gasteiger partial charge in [-0.15, -0.1) is 0 Å². The van der Waals surface area contributed by atoms with E-state index in [1.807, 2.05) is 24.3 Å². The number of hydrogen-bond donors (Lipinski definition) is 3. The van der Waals surface area contributed by atoms with Gasteiger partial charge >= 0.3 is 0 Å². The van der Waals surface area contributed by atoms with E-state index < -0.39 is 11.8 Å². The maximum absolute atomic E-state index is 12.8. The Morgan fingerprint density at radius 2 is 1.79 bits per heavy atom. The second kappa shape index (κ2) is 9.66. The van der Waals surface area contributed by atoms with Crippen LogP contribution in [0.2, 0.25) is 0 Å². The largest absolute Gasteiger partial charge is 0.398 e. The number of pyridine rings is 1. The third-order valence-corrected chi connectivity index (χ3v) is 4.79. The van der Waals surface area contributed by atoms with E-state index >= 15 is 0 Å². The van der Waals surface area contributed by atoms with Crippen LogP contribution in [0.4, 0.5) is 5.69 Å². The highest BCUT2D eigenvalue weighted by atomic mass is 79.9. The van der Waals surface area contributed by atoms with E-state index in [2.05, 4.69) is 31.5 Å². The molecule has 6 nitrogen and oxygen atoms in total. The van der Waals surface area contributed by atoms with Gasteiger partial charge in [0.1, 0.15) is 5.70 Å². The van der Waals surface area contributed by atoms with Crippen molar-refractivity contribution < 1.29 is 9.59 Å². The maximum atomic E-state index is 12.8. The molecule has 1 heterocycles. The molecule has 0 spiro atoms. The van der Waals surface area contributed by atoms with Gasteiger partial charge in [0.05, 0.1) is 5.56 Å². The minimum Gasteiger partial charge on any atom is -0.398 e. The minimum atomic E-state index is -0.433. The number of nitrogens with zero attached hydrogens (tertiary/aromatic N) is 1. The molecule has 0 fully saturated rings. The van der Waals surface area contributed by atoms with Gasteiger partial charge in [-0.1, -0.05) is 36.4 Å². The van der Waals surface area contributed by atoms with Crippen molar-refractivity contribution in [3.05, 3.63) is 99.9 Å². The maximum Gasteiger partial charge on any atom is 0.268 e. The number of hydrogen-bond acceptors (Lipinski definition) is 4. The summed E-state index contributed by atoms with van der Waals surface area (Å²) in [5, 5.41) is 5.49. The van der Waals surface area contributed by atoms with E-state index in [0.29, 0.717) is 21.3 Å². The van der Waals surface area contributed by atoms with Gasteiger partial charge < -0.3 is 16.4 Å². The van der Waals surface area contributed by atoms with Crippen molar-refractivity contribution in [1.29, 1.82) is 0 Å². The lowest BCUT2D eigenvalue weighted by Gasteiger charge is -2.13. The van der Waals surface area contributed by atoms with Gasteiger partial charge in [-0.2, -0.15) is 0 Å². The number of carbonyl (C=O) groups excluding carboxylic acids is 2. The van der Waals surface area contributed by atoms with E-state index in [1.54, 1.807) is 54.9 Å². The lowest BCUT2D eigenvalue weighted by Crippen LogP contribution is -2.34. The molecule has 2 aromatic carbocycles. The van der Waals surface area contributed by atoms with Gasteiger partial charge in [-0.25, -0.2) is 0 Å². The second-order valence-corrected chi connectivity index (χ2v) is 7.01. The van der Waals surface area contributed by atoms with E-state index in [-0.39, 0.29) is 12.2 Å².